The largest absolute Gasteiger partial charge is 0.369 e. The Morgan fingerprint density at radius 1 is 1.39 bits per heavy atom. The number of carbonyl (C=O) groups is 1. The first kappa shape index (κ1) is 11.8. The Hall–Kier alpha value is -2.70. The van der Waals surface area contributed by atoms with Gasteiger partial charge in [0.05, 0.1) is 5.69 Å². The number of para-hydroxylation sites is 1. The van der Waals surface area contributed by atoms with Crippen molar-refractivity contribution in [3.05, 3.63) is 30.5 Å². The van der Waals surface area contributed by atoms with Gasteiger partial charge in [-0.2, -0.15) is 0 Å². The van der Waals surface area contributed by atoms with E-state index in [1.807, 2.05) is 24.3 Å². The van der Waals surface area contributed by atoms with Gasteiger partial charge >= 0.3 is 6.03 Å². The number of aromatic amines is 1. The highest BCUT2D eigenvalue weighted by Gasteiger charge is 2.17. The number of hydrogen-bond donors (Lipinski definition) is 4. The third-order valence-corrected chi connectivity index (χ3v) is 2.50. The van der Waals surface area contributed by atoms with Gasteiger partial charge in [0.2, 0.25) is 5.96 Å². The summed E-state index contributed by atoms with van der Waals surface area (Å²) < 4.78 is 0. The Balaban J connectivity index is 2.45. The maximum atomic E-state index is 11.5. The average molecular weight is 246 g/mol. The zero-order valence-corrected chi connectivity index (χ0v) is 9.84. The van der Waals surface area contributed by atoms with Gasteiger partial charge in [0.15, 0.2) is 0 Å². The van der Waals surface area contributed by atoms with Crippen LogP contribution in [-0.2, 0) is 0 Å². The van der Waals surface area contributed by atoms with Gasteiger partial charge in [-0.15, -0.1) is 0 Å². The molecular weight excluding hydrogens is 232 g/mol. The fourth-order valence-electron chi connectivity index (χ4n) is 1.64. The number of carbonyl (C=O) groups excluding carboxylic acids is 1. The summed E-state index contributed by atoms with van der Waals surface area (Å²) >= 11 is 0. The Morgan fingerprint density at radius 2 is 2.11 bits per heavy atom. The molecule has 0 aliphatic heterocycles. The smallest absolute Gasteiger partial charge is 0.338 e. The molecule has 0 bridgehead atoms. The molecule has 1 aromatic heterocycles. The lowest BCUT2D eigenvalue weighted by atomic mass is 10.2. The molecule has 0 fully saturated rings. The summed E-state index contributed by atoms with van der Waals surface area (Å²) in [6.45, 7) is 0. The van der Waals surface area contributed by atoms with E-state index >= 15 is 0 Å². The van der Waals surface area contributed by atoms with Crippen molar-refractivity contribution in [2.75, 3.05) is 12.1 Å². The van der Waals surface area contributed by atoms with E-state index in [-0.39, 0.29) is 5.96 Å². The van der Waals surface area contributed by atoms with E-state index in [4.69, 9.17) is 11.5 Å². The monoisotopic (exact) mass is 246 g/mol. The Kier molecular flexibility index (Phi) is 3.05. The van der Waals surface area contributed by atoms with E-state index in [2.05, 4.69) is 15.4 Å². The summed E-state index contributed by atoms with van der Waals surface area (Å²) in [5.74, 6) is 0.0964. The number of anilines is 1. The van der Waals surface area contributed by atoms with Gasteiger partial charge in [0.25, 0.3) is 0 Å². The molecule has 1 heterocycles. The van der Waals surface area contributed by atoms with Crippen molar-refractivity contribution in [2.24, 2.45) is 16.5 Å². The molecule has 7 nitrogen and oxygen atoms in total. The second-order valence-corrected chi connectivity index (χ2v) is 3.61. The quantitative estimate of drug-likeness (QED) is 0.334. The normalized spacial score (nSPS) is 11.5. The minimum Gasteiger partial charge on any atom is -0.369 e. The Bertz CT molecular complexity index is 602. The van der Waals surface area contributed by atoms with Crippen LogP contribution in [0, 0.1) is 0 Å². The number of primary amides is 1. The first-order valence-corrected chi connectivity index (χ1v) is 5.28. The number of hydrazine groups is 1. The molecule has 2 aromatic rings. The standard InChI is InChI=1S/C11H14N6O/c1-14-10(12)16-17(11(13)18)9-6-15-8-5-3-2-4-7(8)9/h2-6,15H,1H3,(H2,13,18)(H3,12,14,16). The van der Waals surface area contributed by atoms with Gasteiger partial charge in [-0.25, -0.2) is 9.80 Å². The summed E-state index contributed by atoms with van der Waals surface area (Å²) in [5, 5.41) is 1.99. The van der Waals surface area contributed by atoms with Gasteiger partial charge in [0, 0.05) is 24.1 Å². The van der Waals surface area contributed by atoms with Crippen molar-refractivity contribution >= 4 is 28.6 Å². The summed E-state index contributed by atoms with van der Waals surface area (Å²) in [6, 6.07) is 6.86. The molecule has 2 rings (SSSR count). The Labute approximate surface area is 103 Å². The number of amides is 2. The van der Waals surface area contributed by atoms with Crippen LogP contribution in [0.4, 0.5) is 10.5 Å². The molecule has 0 radical (unpaired) electrons. The molecule has 0 unspecified atom stereocenters. The van der Waals surface area contributed by atoms with Crippen molar-refractivity contribution in [2.45, 2.75) is 0 Å². The number of nitrogens with two attached hydrogens (primary N) is 2. The van der Waals surface area contributed by atoms with E-state index in [1.165, 1.54) is 7.05 Å². The number of urea groups is 1. The van der Waals surface area contributed by atoms with Crippen molar-refractivity contribution < 1.29 is 4.79 Å². The predicted octanol–water partition coefficient (Wildman–Crippen LogP) is 0.502. The van der Waals surface area contributed by atoms with E-state index in [0.29, 0.717) is 5.69 Å². The number of guanidine groups is 1. The molecule has 0 atom stereocenters. The summed E-state index contributed by atoms with van der Waals surface area (Å²) in [5.41, 5.74) is 15.0. The molecule has 94 valence electrons. The highest BCUT2D eigenvalue weighted by molar-refractivity contribution is 6.03. The minimum absolute atomic E-state index is 0.0964. The minimum atomic E-state index is -0.675. The highest BCUT2D eigenvalue weighted by Crippen LogP contribution is 2.25. The SMILES string of the molecule is CN=C(N)NN(C(N)=O)c1c[nH]c2ccccc12. The number of fused-ring (bicyclic) bond motifs is 1. The molecule has 0 aliphatic rings. The molecule has 1 aromatic carbocycles. The lowest BCUT2D eigenvalue weighted by molar-refractivity contribution is 0.253. The van der Waals surface area contributed by atoms with Crippen molar-refractivity contribution in [3.8, 4) is 0 Å². The maximum absolute atomic E-state index is 11.5. The molecule has 7 heteroatoms. The number of nitrogens with one attached hydrogen (secondary N) is 2. The zero-order chi connectivity index (χ0) is 13.1. The summed E-state index contributed by atoms with van der Waals surface area (Å²) in [6.07, 6.45) is 1.67. The van der Waals surface area contributed by atoms with Gasteiger partial charge in [-0.1, -0.05) is 18.2 Å². The molecular formula is C11H14N6O. The van der Waals surface area contributed by atoms with Crippen LogP contribution < -0.4 is 21.9 Å². The van der Waals surface area contributed by atoms with Crippen LogP contribution in [0.5, 0.6) is 0 Å². The molecule has 18 heavy (non-hydrogen) atoms. The lowest BCUT2D eigenvalue weighted by Crippen LogP contribution is -2.51. The number of nitrogens with zero attached hydrogens (tertiary/aromatic N) is 2. The van der Waals surface area contributed by atoms with Crippen LogP contribution in [0.15, 0.2) is 35.5 Å². The van der Waals surface area contributed by atoms with Crippen LogP contribution >= 0.6 is 0 Å². The van der Waals surface area contributed by atoms with Crippen LogP contribution in [-0.4, -0.2) is 24.0 Å². The third-order valence-electron chi connectivity index (χ3n) is 2.50. The van der Waals surface area contributed by atoms with Gasteiger partial charge in [-0.3, -0.25) is 10.4 Å². The topological polar surface area (TPSA) is 113 Å². The van der Waals surface area contributed by atoms with Crippen molar-refractivity contribution in [1.82, 2.24) is 10.4 Å². The number of hydrogen-bond acceptors (Lipinski definition) is 2. The summed E-state index contributed by atoms with van der Waals surface area (Å²) in [7, 11) is 1.51. The lowest BCUT2D eigenvalue weighted by Gasteiger charge is -2.20. The molecule has 0 saturated carbocycles. The number of aliphatic imine (C=N–C) groups is 1. The molecule has 0 saturated heterocycles. The maximum Gasteiger partial charge on any atom is 0.338 e. The summed E-state index contributed by atoms with van der Waals surface area (Å²) in [4.78, 5) is 18.2. The van der Waals surface area contributed by atoms with Gasteiger partial charge in [-0.05, 0) is 6.07 Å². The highest BCUT2D eigenvalue weighted by atomic mass is 16.2. The van der Waals surface area contributed by atoms with E-state index in [0.717, 1.165) is 15.9 Å². The van der Waals surface area contributed by atoms with E-state index in [1.54, 1.807) is 6.20 Å². The van der Waals surface area contributed by atoms with Crippen LogP contribution in [0.1, 0.15) is 0 Å². The van der Waals surface area contributed by atoms with Crippen molar-refractivity contribution in [1.29, 1.82) is 0 Å². The van der Waals surface area contributed by atoms with E-state index < -0.39 is 6.03 Å². The van der Waals surface area contributed by atoms with Gasteiger partial charge in [0.1, 0.15) is 0 Å². The Morgan fingerprint density at radius 3 is 2.78 bits per heavy atom. The molecule has 0 spiro atoms. The third kappa shape index (κ3) is 2.05. The number of aromatic nitrogens is 1. The number of rotatable bonds is 1. The van der Waals surface area contributed by atoms with Gasteiger partial charge < -0.3 is 16.5 Å². The first-order valence-electron chi connectivity index (χ1n) is 5.28. The van der Waals surface area contributed by atoms with Crippen LogP contribution in [0.3, 0.4) is 0 Å². The first-order chi connectivity index (χ1) is 8.63. The average Bonchev–Trinajstić information content (AvgIpc) is 2.79. The fourth-order valence-corrected chi connectivity index (χ4v) is 1.64. The second-order valence-electron chi connectivity index (χ2n) is 3.61. The second kappa shape index (κ2) is 4.66. The molecule has 0 aliphatic carbocycles. The van der Waals surface area contributed by atoms with Crippen LogP contribution in [0.2, 0.25) is 0 Å². The number of H-pyrrole nitrogens is 1. The van der Waals surface area contributed by atoms with Crippen LogP contribution in [0.25, 0.3) is 10.9 Å². The number of benzene rings is 1. The fraction of sp³-hybridized carbons (Fsp3) is 0.0909. The predicted molar refractivity (Wildman–Crippen MR) is 71.0 cm³/mol. The molecule has 6 N–H and O–H groups in total. The molecule has 2 amide bonds. The zero-order valence-electron chi connectivity index (χ0n) is 9.84. The van der Waals surface area contributed by atoms with E-state index in [9.17, 15) is 4.79 Å². The van der Waals surface area contributed by atoms with Crippen molar-refractivity contribution in [3.63, 3.8) is 0 Å².